The largest absolute Gasteiger partial charge is 0.461 e. The van der Waals surface area contributed by atoms with E-state index in [2.05, 4.69) is 4.98 Å². The van der Waals surface area contributed by atoms with E-state index < -0.39 is 11.8 Å². The summed E-state index contributed by atoms with van der Waals surface area (Å²) in [5.41, 5.74) is 0.775. The number of nitrogens with zero attached hydrogens (tertiary/aromatic N) is 1. The molecule has 0 spiro atoms. The summed E-state index contributed by atoms with van der Waals surface area (Å²) < 4.78 is 31.4. The maximum absolute atomic E-state index is 13.5. The van der Waals surface area contributed by atoms with E-state index in [4.69, 9.17) is 4.74 Å². The summed E-state index contributed by atoms with van der Waals surface area (Å²) in [5, 5.41) is 2.60. The first-order valence-electron chi connectivity index (χ1n) is 7.65. The van der Waals surface area contributed by atoms with Crippen molar-refractivity contribution < 1.29 is 18.3 Å². The second-order valence-electron chi connectivity index (χ2n) is 5.14. The normalized spacial score (nSPS) is 10.7. The van der Waals surface area contributed by atoms with Gasteiger partial charge in [0.25, 0.3) is 0 Å². The number of rotatable bonds is 8. The van der Waals surface area contributed by atoms with Crippen LogP contribution in [0.2, 0.25) is 0 Å². The van der Waals surface area contributed by atoms with Gasteiger partial charge < -0.3 is 4.74 Å². The van der Waals surface area contributed by atoms with Crippen LogP contribution >= 0.6 is 11.3 Å². The third-order valence-corrected chi connectivity index (χ3v) is 4.29. The van der Waals surface area contributed by atoms with Crippen molar-refractivity contribution in [3.8, 4) is 0 Å². The monoisotopic (exact) mass is 339 g/mol. The highest BCUT2D eigenvalue weighted by Gasteiger charge is 2.11. The highest BCUT2D eigenvalue weighted by Crippen LogP contribution is 2.16. The predicted molar refractivity (Wildman–Crippen MR) is 85.7 cm³/mol. The Kier molecular flexibility index (Phi) is 6.65. The van der Waals surface area contributed by atoms with Crippen molar-refractivity contribution in [3.05, 3.63) is 51.5 Å². The SMILES string of the molecule is CCOC(=O)c1csc(CCCCCc2cc(F)ccc2F)n1. The molecule has 0 aliphatic heterocycles. The molecule has 0 radical (unpaired) electrons. The fourth-order valence-electron chi connectivity index (χ4n) is 2.23. The Bertz CT molecular complexity index is 658. The van der Waals surface area contributed by atoms with Gasteiger partial charge in [-0.05, 0) is 56.4 Å². The van der Waals surface area contributed by atoms with Crippen molar-refractivity contribution in [2.45, 2.75) is 39.0 Å². The third-order valence-electron chi connectivity index (χ3n) is 3.38. The molecular weight excluding hydrogens is 320 g/mol. The highest BCUT2D eigenvalue weighted by molar-refractivity contribution is 7.09. The molecule has 3 nitrogen and oxygen atoms in total. The molecule has 0 saturated carbocycles. The Balaban J connectivity index is 1.71. The number of halogens is 2. The maximum Gasteiger partial charge on any atom is 0.357 e. The minimum Gasteiger partial charge on any atom is -0.461 e. The van der Waals surface area contributed by atoms with E-state index in [9.17, 15) is 13.6 Å². The number of hydrogen-bond acceptors (Lipinski definition) is 4. The highest BCUT2D eigenvalue weighted by atomic mass is 32.1. The molecular formula is C17H19F2NO2S. The number of ether oxygens (including phenoxy) is 1. The van der Waals surface area contributed by atoms with Crippen molar-refractivity contribution in [2.75, 3.05) is 6.61 Å². The van der Waals surface area contributed by atoms with Crippen molar-refractivity contribution in [1.82, 2.24) is 4.98 Å². The molecule has 0 saturated heterocycles. The number of aryl methyl sites for hydroxylation is 2. The van der Waals surface area contributed by atoms with Crippen LogP contribution in [-0.2, 0) is 17.6 Å². The Morgan fingerprint density at radius 2 is 2.00 bits per heavy atom. The summed E-state index contributed by atoms with van der Waals surface area (Å²) in [7, 11) is 0. The van der Waals surface area contributed by atoms with E-state index in [0.29, 0.717) is 24.3 Å². The molecule has 1 aromatic carbocycles. The number of carbonyl (C=O) groups is 1. The Morgan fingerprint density at radius 3 is 2.78 bits per heavy atom. The number of unbranched alkanes of at least 4 members (excludes halogenated alkanes) is 2. The van der Waals surface area contributed by atoms with Crippen LogP contribution in [0.3, 0.4) is 0 Å². The summed E-state index contributed by atoms with van der Waals surface area (Å²) in [5.74, 6) is -1.15. The number of hydrogen-bond donors (Lipinski definition) is 0. The van der Waals surface area contributed by atoms with Gasteiger partial charge in [-0.3, -0.25) is 0 Å². The number of thiazole rings is 1. The molecule has 0 atom stereocenters. The first kappa shape index (κ1) is 17.5. The molecule has 6 heteroatoms. The predicted octanol–water partition coefficient (Wildman–Crippen LogP) is 4.55. The van der Waals surface area contributed by atoms with Crippen LogP contribution in [0.25, 0.3) is 0 Å². The standard InChI is InChI=1S/C17H19F2NO2S/c1-2-22-17(21)15-11-23-16(20-15)7-5-3-4-6-12-10-13(18)8-9-14(12)19/h8-11H,2-7H2,1H3. The van der Waals surface area contributed by atoms with Gasteiger partial charge >= 0.3 is 5.97 Å². The summed E-state index contributed by atoms with van der Waals surface area (Å²) in [6, 6.07) is 3.54. The lowest BCUT2D eigenvalue weighted by molar-refractivity contribution is 0.0520. The molecule has 0 bridgehead atoms. The molecule has 0 aliphatic carbocycles. The van der Waals surface area contributed by atoms with Crippen molar-refractivity contribution in [1.29, 1.82) is 0 Å². The summed E-state index contributed by atoms with van der Waals surface area (Å²) in [4.78, 5) is 15.8. The molecule has 0 aliphatic rings. The minimum absolute atomic E-state index is 0.336. The quantitative estimate of drug-likeness (QED) is 0.523. The Hall–Kier alpha value is -1.82. The molecule has 0 amide bonds. The number of aromatic nitrogens is 1. The zero-order valence-corrected chi connectivity index (χ0v) is 13.8. The first-order valence-corrected chi connectivity index (χ1v) is 8.53. The van der Waals surface area contributed by atoms with Crippen LogP contribution in [0.1, 0.15) is 47.2 Å². The van der Waals surface area contributed by atoms with Crippen molar-refractivity contribution >= 4 is 17.3 Å². The van der Waals surface area contributed by atoms with E-state index in [0.717, 1.165) is 42.8 Å². The van der Waals surface area contributed by atoms with Gasteiger partial charge in [-0.25, -0.2) is 18.6 Å². The lowest BCUT2D eigenvalue weighted by Gasteiger charge is -2.03. The van der Waals surface area contributed by atoms with Crippen LogP contribution in [-0.4, -0.2) is 17.6 Å². The fourth-order valence-corrected chi connectivity index (χ4v) is 3.04. The maximum atomic E-state index is 13.5. The molecule has 124 valence electrons. The molecule has 0 N–H and O–H groups in total. The molecule has 2 aromatic rings. The van der Waals surface area contributed by atoms with Crippen LogP contribution in [0.15, 0.2) is 23.6 Å². The van der Waals surface area contributed by atoms with E-state index in [1.165, 1.54) is 17.4 Å². The molecule has 1 heterocycles. The van der Waals surface area contributed by atoms with Gasteiger partial charge in [0.2, 0.25) is 0 Å². The fraction of sp³-hybridized carbons (Fsp3) is 0.412. The average Bonchev–Trinajstić information content (AvgIpc) is 2.99. The third kappa shape index (κ3) is 5.39. The molecule has 1 aromatic heterocycles. The van der Waals surface area contributed by atoms with E-state index in [-0.39, 0.29) is 5.82 Å². The molecule has 23 heavy (non-hydrogen) atoms. The van der Waals surface area contributed by atoms with Gasteiger partial charge in [0, 0.05) is 5.38 Å². The van der Waals surface area contributed by atoms with Gasteiger partial charge in [0.15, 0.2) is 5.69 Å². The van der Waals surface area contributed by atoms with E-state index in [1.54, 1.807) is 12.3 Å². The van der Waals surface area contributed by atoms with Crippen LogP contribution in [0.5, 0.6) is 0 Å². The summed E-state index contributed by atoms with van der Waals surface area (Å²) in [6.07, 6.45) is 3.87. The van der Waals surface area contributed by atoms with Gasteiger partial charge in [0.1, 0.15) is 11.6 Å². The van der Waals surface area contributed by atoms with Gasteiger partial charge in [-0.15, -0.1) is 11.3 Å². The van der Waals surface area contributed by atoms with Crippen molar-refractivity contribution in [3.63, 3.8) is 0 Å². The average molecular weight is 339 g/mol. The topological polar surface area (TPSA) is 39.2 Å². The summed E-state index contributed by atoms with van der Waals surface area (Å²) >= 11 is 1.44. The zero-order valence-electron chi connectivity index (χ0n) is 13.0. The zero-order chi connectivity index (χ0) is 16.7. The second kappa shape index (κ2) is 8.72. The first-order chi connectivity index (χ1) is 11.1. The van der Waals surface area contributed by atoms with E-state index >= 15 is 0 Å². The van der Waals surface area contributed by atoms with Gasteiger partial charge in [0.05, 0.1) is 11.6 Å². The van der Waals surface area contributed by atoms with Crippen LogP contribution in [0.4, 0.5) is 8.78 Å². The Morgan fingerprint density at radius 1 is 1.22 bits per heavy atom. The number of benzene rings is 1. The van der Waals surface area contributed by atoms with Gasteiger partial charge in [-0.1, -0.05) is 6.42 Å². The van der Waals surface area contributed by atoms with Crippen molar-refractivity contribution in [2.24, 2.45) is 0 Å². The summed E-state index contributed by atoms with van der Waals surface area (Å²) in [6.45, 7) is 2.09. The van der Waals surface area contributed by atoms with Gasteiger partial charge in [-0.2, -0.15) is 0 Å². The lowest BCUT2D eigenvalue weighted by Crippen LogP contribution is -2.05. The Labute approximate surface area is 138 Å². The lowest BCUT2D eigenvalue weighted by atomic mass is 10.1. The number of esters is 1. The molecule has 0 unspecified atom stereocenters. The molecule has 2 rings (SSSR count). The number of carbonyl (C=O) groups excluding carboxylic acids is 1. The smallest absolute Gasteiger partial charge is 0.357 e. The minimum atomic E-state index is -0.407. The second-order valence-corrected chi connectivity index (χ2v) is 6.09. The molecule has 0 fully saturated rings. The van der Waals surface area contributed by atoms with Crippen LogP contribution in [0, 0.1) is 11.6 Å². The van der Waals surface area contributed by atoms with Crippen LogP contribution < -0.4 is 0 Å². The van der Waals surface area contributed by atoms with E-state index in [1.807, 2.05) is 0 Å².